The van der Waals surface area contributed by atoms with Crippen LogP contribution in [0.3, 0.4) is 0 Å². The Morgan fingerprint density at radius 1 is 1.09 bits per heavy atom. The highest BCUT2D eigenvalue weighted by atomic mass is 32.2. The number of carbonyl (C=O) groups excluding carboxylic acids is 1. The fourth-order valence-electron chi connectivity index (χ4n) is 3.96. The summed E-state index contributed by atoms with van der Waals surface area (Å²) >= 11 is 0. The third-order valence-corrected chi connectivity index (χ3v) is 8.10. The molecule has 0 aliphatic carbocycles. The normalized spacial score (nSPS) is 16.3. The van der Waals surface area contributed by atoms with Gasteiger partial charge in [0.05, 0.1) is 4.90 Å². The predicted molar refractivity (Wildman–Crippen MR) is 129 cm³/mol. The van der Waals surface area contributed by atoms with Crippen molar-refractivity contribution in [2.75, 3.05) is 13.1 Å². The largest absolute Gasteiger partial charge is 0.412 e. The maximum atomic E-state index is 12.9. The summed E-state index contributed by atoms with van der Waals surface area (Å²) in [5.41, 5.74) is 1.76. The fraction of sp³-hybridized carbons (Fsp3) is 0.400. The molecule has 4 rings (SSSR count). The molecule has 0 spiro atoms. The molecule has 0 radical (unpaired) electrons. The first kappa shape index (κ1) is 24.1. The molecule has 2 aromatic carbocycles. The van der Waals surface area contributed by atoms with Gasteiger partial charge in [0.2, 0.25) is 15.9 Å². The molecule has 34 heavy (non-hydrogen) atoms. The van der Waals surface area contributed by atoms with E-state index in [0.29, 0.717) is 24.6 Å². The molecule has 1 atom stereocenters. The minimum Gasteiger partial charge on any atom is -0.412 e. The molecule has 1 aliphatic heterocycles. The van der Waals surface area contributed by atoms with Crippen molar-refractivity contribution < 1.29 is 17.6 Å². The molecule has 1 aliphatic rings. The number of aromatic nitrogens is 2. The van der Waals surface area contributed by atoms with Crippen LogP contribution in [0.2, 0.25) is 0 Å². The Balaban J connectivity index is 1.36. The van der Waals surface area contributed by atoms with Gasteiger partial charge in [0.15, 0.2) is 0 Å². The van der Waals surface area contributed by atoms with Crippen molar-refractivity contribution in [1.82, 2.24) is 19.8 Å². The number of aryl methyl sites for hydroxylation is 1. The maximum absolute atomic E-state index is 12.9. The Hall–Kier alpha value is -3.04. The third-order valence-electron chi connectivity index (χ3n) is 6.19. The van der Waals surface area contributed by atoms with Crippen LogP contribution in [0, 0.1) is 5.92 Å². The van der Waals surface area contributed by atoms with Crippen LogP contribution in [0.15, 0.2) is 63.9 Å². The lowest BCUT2D eigenvalue weighted by molar-refractivity contribution is 0.0904. The van der Waals surface area contributed by atoms with E-state index < -0.39 is 15.9 Å². The summed E-state index contributed by atoms with van der Waals surface area (Å²) in [6.07, 6.45) is 3.37. The van der Waals surface area contributed by atoms with Gasteiger partial charge in [-0.05, 0) is 68.4 Å². The maximum Gasteiger partial charge on any atom is 0.309 e. The zero-order valence-electron chi connectivity index (χ0n) is 19.5. The number of sulfonamides is 1. The number of rotatable bonds is 8. The first-order chi connectivity index (χ1) is 16.3. The van der Waals surface area contributed by atoms with Gasteiger partial charge < -0.3 is 9.73 Å². The molecular formula is C25H30N4O4S. The summed E-state index contributed by atoms with van der Waals surface area (Å²) in [5.74, 6) is 0.154. The van der Waals surface area contributed by atoms with Crippen LogP contribution >= 0.6 is 0 Å². The van der Waals surface area contributed by atoms with Crippen LogP contribution in [-0.4, -0.2) is 48.0 Å². The minimum atomic E-state index is -3.53. The molecule has 1 amide bonds. The van der Waals surface area contributed by atoms with Crippen molar-refractivity contribution in [3.05, 3.63) is 66.1 Å². The Morgan fingerprint density at radius 2 is 1.76 bits per heavy atom. The van der Waals surface area contributed by atoms with E-state index in [1.807, 2.05) is 25.1 Å². The average molecular weight is 483 g/mol. The summed E-state index contributed by atoms with van der Waals surface area (Å²) in [6, 6.07) is 16.3. The first-order valence-corrected chi connectivity index (χ1v) is 13.1. The van der Waals surface area contributed by atoms with Crippen molar-refractivity contribution >= 4 is 15.9 Å². The van der Waals surface area contributed by atoms with Gasteiger partial charge in [-0.25, -0.2) is 8.42 Å². The molecule has 0 saturated carbocycles. The highest BCUT2D eigenvalue weighted by Crippen LogP contribution is 2.25. The first-order valence-electron chi connectivity index (χ1n) is 11.6. The monoisotopic (exact) mass is 482 g/mol. The highest BCUT2D eigenvalue weighted by Gasteiger charge is 2.28. The van der Waals surface area contributed by atoms with E-state index in [1.54, 1.807) is 12.1 Å². The van der Waals surface area contributed by atoms with Crippen molar-refractivity contribution in [3.63, 3.8) is 0 Å². The number of nitrogens with zero attached hydrogens (tertiary/aromatic N) is 3. The number of nitrogens with one attached hydrogen (secondary N) is 1. The molecule has 8 nitrogen and oxygen atoms in total. The molecule has 3 aromatic rings. The van der Waals surface area contributed by atoms with Gasteiger partial charge in [-0.1, -0.05) is 37.3 Å². The second-order valence-corrected chi connectivity index (χ2v) is 10.9. The standard InChI is InChI=1S/C25H30N4O4S/c1-18-14-16-29(17-15-18)34(31,32)22-12-10-21(11-13-22)24-27-28-25(33-24)23(30)26-19(2)8-9-20-6-4-3-5-7-20/h3-7,10-13,18-19H,8-9,14-17H2,1-2H3,(H,26,30). The zero-order chi connectivity index (χ0) is 24.1. The molecule has 1 N–H and O–H groups in total. The van der Waals surface area contributed by atoms with E-state index in [9.17, 15) is 13.2 Å². The van der Waals surface area contributed by atoms with Crippen molar-refractivity contribution in [3.8, 4) is 11.5 Å². The van der Waals surface area contributed by atoms with Gasteiger partial charge in [0, 0.05) is 24.7 Å². The van der Waals surface area contributed by atoms with Crippen LogP contribution < -0.4 is 5.32 Å². The Kier molecular flexibility index (Phi) is 7.43. The fourth-order valence-corrected chi connectivity index (χ4v) is 5.43. The smallest absolute Gasteiger partial charge is 0.309 e. The van der Waals surface area contributed by atoms with E-state index >= 15 is 0 Å². The predicted octanol–water partition coefficient (Wildman–Crippen LogP) is 3.91. The van der Waals surface area contributed by atoms with Crippen molar-refractivity contribution in [1.29, 1.82) is 0 Å². The van der Waals surface area contributed by atoms with Crippen molar-refractivity contribution in [2.45, 2.75) is 50.5 Å². The third kappa shape index (κ3) is 5.71. The Morgan fingerprint density at radius 3 is 2.44 bits per heavy atom. The Bertz CT molecular complexity index is 1200. The van der Waals surface area contributed by atoms with Gasteiger partial charge in [0.1, 0.15) is 0 Å². The number of amides is 1. The molecule has 1 saturated heterocycles. The van der Waals surface area contributed by atoms with Crippen LogP contribution in [0.5, 0.6) is 0 Å². The molecule has 180 valence electrons. The second-order valence-electron chi connectivity index (χ2n) is 8.92. The van der Waals surface area contributed by atoms with E-state index in [4.69, 9.17) is 4.42 Å². The van der Waals surface area contributed by atoms with Gasteiger partial charge in [0.25, 0.3) is 0 Å². The van der Waals surface area contributed by atoms with E-state index in [-0.39, 0.29) is 22.7 Å². The molecule has 0 bridgehead atoms. The topological polar surface area (TPSA) is 105 Å². The summed E-state index contributed by atoms with van der Waals surface area (Å²) in [4.78, 5) is 12.7. The van der Waals surface area contributed by atoms with Crippen LogP contribution in [0.25, 0.3) is 11.5 Å². The lowest BCUT2D eigenvalue weighted by Gasteiger charge is -2.29. The van der Waals surface area contributed by atoms with Gasteiger partial charge in [-0.3, -0.25) is 4.79 Å². The van der Waals surface area contributed by atoms with E-state index in [1.165, 1.54) is 22.0 Å². The van der Waals surface area contributed by atoms with E-state index in [0.717, 1.165) is 25.7 Å². The summed E-state index contributed by atoms with van der Waals surface area (Å²) < 4.78 is 32.9. The van der Waals surface area contributed by atoms with Crippen LogP contribution in [0.1, 0.15) is 49.4 Å². The average Bonchev–Trinajstić information content (AvgIpc) is 3.34. The Labute approximate surface area is 200 Å². The van der Waals surface area contributed by atoms with Gasteiger partial charge in [-0.15, -0.1) is 10.2 Å². The molecule has 9 heteroatoms. The quantitative estimate of drug-likeness (QED) is 0.522. The lowest BCUT2D eigenvalue weighted by atomic mass is 10.0. The number of benzene rings is 2. The zero-order valence-corrected chi connectivity index (χ0v) is 20.3. The summed E-state index contributed by atoms with van der Waals surface area (Å²) in [5, 5.41) is 10.7. The summed E-state index contributed by atoms with van der Waals surface area (Å²) in [7, 11) is -3.53. The van der Waals surface area contributed by atoms with Crippen LogP contribution in [0.4, 0.5) is 0 Å². The van der Waals surface area contributed by atoms with Crippen LogP contribution in [-0.2, 0) is 16.4 Å². The molecule has 2 heterocycles. The van der Waals surface area contributed by atoms with Gasteiger partial charge in [-0.2, -0.15) is 4.31 Å². The molecular weight excluding hydrogens is 452 g/mol. The number of hydrogen-bond acceptors (Lipinski definition) is 6. The molecule has 1 unspecified atom stereocenters. The summed E-state index contributed by atoms with van der Waals surface area (Å²) in [6.45, 7) is 5.15. The minimum absolute atomic E-state index is 0.0645. The van der Waals surface area contributed by atoms with E-state index in [2.05, 4.69) is 34.6 Å². The van der Waals surface area contributed by atoms with Crippen molar-refractivity contribution in [2.24, 2.45) is 5.92 Å². The SMILES string of the molecule is CC1CCN(S(=O)(=O)c2ccc(-c3nnc(C(=O)NC(C)CCc4ccccc4)o3)cc2)CC1. The molecule has 1 aromatic heterocycles. The highest BCUT2D eigenvalue weighted by molar-refractivity contribution is 7.89. The number of piperidine rings is 1. The number of hydrogen-bond donors (Lipinski definition) is 1. The molecule has 1 fully saturated rings. The number of carbonyl (C=O) groups is 1. The lowest BCUT2D eigenvalue weighted by Crippen LogP contribution is -2.37. The van der Waals surface area contributed by atoms with Gasteiger partial charge >= 0.3 is 11.8 Å². The second kappa shape index (κ2) is 10.5.